The van der Waals surface area contributed by atoms with Gasteiger partial charge in [-0.15, -0.1) is 0 Å². The number of nitro benzene ring substituents is 3. The maximum atomic E-state index is 11.3. The molecule has 0 aliphatic carbocycles. The van der Waals surface area contributed by atoms with E-state index in [0.717, 1.165) is 71.6 Å². The van der Waals surface area contributed by atoms with E-state index in [4.69, 9.17) is 28.4 Å². The number of hydrogen-bond donors (Lipinski definition) is 0. The van der Waals surface area contributed by atoms with Crippen LogP contribution in [0.15, 0.2) is 176 Å². The van der Waals surface area contributed by atoms with Crippen LogP contribution in [0.1, 0.15) is 228 Å². The van der Waals surface area contributed by atoms with Crippen molar-refractivity contribution in [3.63, 3.8) is 0 Å². The number of carbonyl (C=O) groups excluding carboxylic acids is 2. The van der Waals surface area contributed by atoms with Crippen LogP contribution < -0.4 is 0 Å². The summed E-state index contributed by atoms with van der Waals surface area (Å²) < 4.78 is 32.8. The summed E-state index contributed by atoms with van der Waals surface area (Å²) in [7, 11) is 0. The lowest BCUT2D eigenvalue weighted by atomic mass is 9.98. The molecule has 0 bridgehead atoms. The van der Waals surface area contributed by atoms with Crippen molar-refractivity contribution in [3.05, 3.63) is 295 Å². The van der Waals surface area contributed by atoms with E-state index in [-0.39, 0.29) is 45.1 Å². The molecule has 3 aliphatic rings. The second kappa shape index (κ2) is 50.9. The van der Waals surface area contributed by atoms with E-state index in [0.29, 0.717) is 105 Å². The van der Waals surface area contributed by atoms with Crippen LogP contribution >= 0.6 is 0 Å². The Morgan fingerprint density at radius 3 is 1.11 bits per heavy atom. The van der Waals surface area contributed by atoms with E-state index >= 15 is 0 Å². The molecule has 0 spiro atoms. The number of benzene rings is 8. The van der Waals surface area contributed by atoms with Crippen molar-refractivity contribution < 1.29 is 52.8 Å². The predicted molar refractivity (Wildman–Crippen MR) is 449 cm³/mol. The zero-order valence-corrected chi connectivity index (χ0v) is 69.7. The van der Waals surface area contributed by atoms with Crippen molar-refractivity contribution in [3.8, 4) is 0 Å². The number of para-hydroxylation sites is 2. The van der Waals surface area contributed by atoms with Gasteiger partial charge in [0.15, 0.2) is 25.2 Å². The minimum atomic E-state index is -0.600. The number of aldehydes is 2. The SMILES string of the molecule is CC(C)Cc1ccc([N+](=O)[O-])cc1.CC(C)Cc1cccc(C2OCCO2)c1.CC(C)Cc1cccc(C2OCCO2)c1[N+](=O)[O-].CC(C)Cc1cccc(C=O)c1[N+](=O)[O-].CC(C)Cc1ccccc1.Cc1ccc(CC(C)C)cc1.Cc1ccc(CC(C)C)cc1C1OCCO1.Cc1ccc(CC(C)C)cc1C=O. The van der Waals surface area contributed by atoms with Gasteiger partial charge in [0, 0.05) is 39.9 Å². The first-order valence-electron chi connectivity index (χ1n) is 39.5. The standard InChI is InChI=1S/C14H20O2.C13H17NO4.C13H18O2.C12H16O.C11H13NO3.C11H16.C10H13NO2.C10H14/c1-10(2)8-12-5-4-11(3)13(9-12)14-15-6-7-16-14;1-9(2)8-10-4-3-5-11(12(10)14(15)16)13-17-6-7-18-13;1-10(2)8-11-4-3-5-12(9-11)13-14-6-7-15-13;1-9(2)6-11-5-4-10(3)12(7-11)8-13;1-8(2)6-9-4-3-5-10(7-13)11(9)12(14)15;1-9(2)8-11-6-4-10(3)5-7-11;1-8(2)7-9-3-5-10(6-4-9)11(12)13;1-9(2)8-10-6-4-3-5-7-10/h4-5,9-10,14H,6-8H2,1-3H3;3-5,9,13H,6-8H2,1-2H3;3-5,9-10,13H,6-8H2,1-2H3;4-5,7-9H,6H2,1-3H3;3-5,7-8H,6H2,1-2H3;4-7,9H,8H2,1-3H3;3-6,8H,7H2,1-2H3;3-7,9H,8H2,1-2H3. The Morgan fingerprint density at radius 2 is 0.676 bits per heavy atom. The van der Waals surface area contributed by atoms with Gasteiger partial charge in [-0.1, -0.05) is 262 Å². The molecule has 602 valence electrons. The highest BCUT2D eigenvalue weighted by Crippen LogP contribution is 2.35. The van der Waals surface area contributed by atoms with Gasteiger partial charge in [-0.2, -0.15) is 0 Å². The smallest absolute Gasteiger partial charge is 0.283 e. The van der Waals surface area contributed by atoms with Crippen molar-refractivity contribution in [2.24, 2.45) is 47.3 Å². The fourth-order valence-corrected chi connectivity index (χ4v) is 12.6. The minimum absolute atomic E-state index is 0.0544. The van der Waals surface area contributed by atoms with Crippen LogP contribution in [-0.4, -0.2) is 67.0 Å². The molecule has 0 atom stereocenters. The third-order valence-corrected chi connectivity index (χ3v) is 17.4. The number of nitrogens with zero attached hydrogens (tertiary/aromatic N) is 3. The monoisotopic (exact) mass is 1520 g/mol. The summed E-state index contributed by atoms with van der Waals surface area (Å²) in [4.78, 5) is 52.6. The zero-order valence-electron chi connectivity index (χ0n) is 69.7. The Hall–Kier alpha value is -8.94. The van der Waals surface area contributed by atoms with Crippen LogP contribution in [0.25, 0.3) is 0 Å². The topological polar surface area (TPSA) is 219 Å². The molecule has 17 nitrogen and oxygen atoms in total. The lowest BCUT2D eigenvalue weighted by Gasteiger charge is -2.14. The van der Waals surface area contributed by atoms with E-state index in [2.05, 4.69) is 200 Å². The summed E-state index contributed by atoms with van der Waals surface area (Å²) in [5.41, 5.74) is 17.1. The molecule has 8 aromatic rings. The highest BCUT2D eigenvalue weighted by Gasteiger charge is 2.30. The van der Waals surface area contributed by atoms with Crippen LogP contribution in [0.3, 0.4) is 0 Å². The first-order chi connectivity index (χ1) is 52.8. The Kier molecular flexibility index (Phi) is 43.3. The molecule has 111 heavy (non-hydrogen) atoms. The van der Waals surface area contributed by atoms with Crippen molar-refractivity contribution in [2.75, 3.05) is 39.6 Å². The Bertz CT molecular complexity index is 4020. The maximum Gasteiger partial charge on any atom is 0.283 e. The molecule has 17 heteroatoms. The van der Waals surface area contributed by atoms with Gasteiger partial charge in [-0.25, -0.2) is 0 Å². The van der Waals surface area contributed by atoms with Crippen LogP contribution in [0, 0.1) is 98.5 Å². The Labute approximate surface area is 663 Å². The number of non-ortho nitro benzene ring substituents is 1. The van der Waals surface area contributed by atoms with Crippen molar-refractivity contribution in [1.29, 1.82) is 0 Å². The molecular weight excluding hydrogens is 1400 g/mol. The van der Waals surface area contributed by atoms with Crippen molar-refractivity contribution >= 4 is 29.6 Å². The predicted octanol–water partition coefficient (Wildman–Crippen LogP) is 23.5. The number of nitro groups is 3. The molecule has 0 unspecified atom stereocenters. The molecule has 0 amide bonds. The van der Waals surface area contributed by atoms with Gasteiger partial charge in [0.1, 0.15) is 6.29 Å². The number of rotatable bonds is 24. The van der Waals surface area contributed by atoms with Crippen LogP contribution in [-0.2, 0) is 79.8 Å². The lowest BCUT2D eigenvalue weighted by molar-refractivity contribution is -0.387. The summed E-state index contributed by atoms with van der Waals surface area (Å²) in [6.45, 7) is 44.6. The van der Waals surface area contributed by atoms with Gasteiger partial charge in [-0.3, -0.25) is 39.9 Å². The third-order valence-electron chi connectivity index (χ3n) is 17.4. The van der Waals surface area contributed by atoms with Crippen molar-refractivity contribution in [2.45, 2.75) is 202 Å². The molecule has 3 aliphatic heterocycles. The molecule has 0 radical (unpaired) electrons. The second-order valence-corrected chi connectivity index (χ2v) is 32.0. The highest BCUT2D eigenvalue weighted by atomic mass is 16.7. The van der Waals surface area contributed by atoms with Crippen LogP contribution in [0.2, 0.25) is 0 Å². The lowest BCUT2D eigenvalue weighted by Crippen LogP contribution is -2.07. The number of ether oxygens (including phenoxy) is 6. The summed E-state index contributed by atoms with van der Waals surface area (Å²) in [5.74, 6) is 4.81. The van der Waals surface area contributed by atoms with Crippen LogP contribution in [0.4, 0.5) is 17.1 Å². The Morgan fingerprint density at radius 1 is 0.324 bits per heavy atom. The first kappa shape index (κ1) is 94.4. The fourth-order valence-electron chi connectivity index (χ4n) is 12.6. The van der Waals surface area contributed by atoms with E-state index in [9.17, 15) is 39.9 Å². The Balaban J connectivity index is 0.000000269. The molecule has 0 N–H and O–H groups in total. The van der Waals surface area contributed by atoms with E-state index < -0.39 is 11.2 Å². The molecule has 3 fully saturated rings. The molecule has 3 heterocycles. The summed E-state index contributed by atoms with van der Waals surface area (Å²) >= 11 is 0. The van der Waals surface area contributed by atoms with Gasteiger partial charge < -0.3 is 28.4 Å². The summed E-state index contributed by atoms with van der Waals surface area (Å²) in [6, 6.07) is 57.5. The number of aryl methyl sites for hydroxylation is 3. The maximum absolute atomic E-state index is 11.3. The normalized spacial score (nSPS) is 13.3. The van der Waals surface area contributed by atoms with Gasteiger partial charge in [0.2, 0.25) is 0 Å². The molecule has 8 aromatic carbocycles. The van der Waals surface area contributed by atoms with E-state index in [1.807, 2.05) is 65.0 Å². The highest BCUT2D eigenvalue weighted by molar-refractivity contribution is 5.82. The van der Waals surface area contributed by atoms with Gasteiger partial charge in [0.25, 0.3) is 17.1 Å². The number of carbonyl (C=O) groups is 2. The van der Waals surface area contributed by atoms with Crippen LogP contribution in [0.5, 0.6) is 0 Å². The average molecular weight is 1520 g/mol. The van der Waals surface area contributed by atoms with E-state index in [1.165, 1.54) is 63.4 Å². The van der Waals surface area contributed by atoms with Crippen molar-refractivity contribution in [1.82, 2.24) is 0 Å². The average Bonchev–Trinajstić information content (AvgIpc) is 1.80. The summed E-state index contributed by atoms with van der Waals surface area (Å²) in [5, 5.41) is 32.4. The minimum Gasteiger partial charge on any atom is -0.346 e. The van der Waals surface area contributed by atoms with E-state index in [1.54, 1.807) is 36.4 Å². The summed E-state index contributed by atoms with van der Waals surface area (Å²) in [6.07, 6.45) is 8.48. The molecule has 0 saturated carbocycles. The quantitative estimate of drug-likeness (QED) is 0.0312. The third kappa shape index (κ3) is 36.8. The molecule has 3 saturated heterocycles. The van der Waals surface area contributed by atoms with Gasteiger partial charge >= 0.3 is 0 Å². The van der Waals surface area contributed by atoms with Gasteiger partial charge in [0.05, 0.1) is 65.5 Å². The first-order valence-corrected chi connectivity index (χ1v) is 39.5. The molecular formula is C94H127N3O14. The zero-order chi connectivity index (χ0) is 82.1. The number of hydrogen-bond acceptors (Lipinski definition) is 14. The second-order valence-electron chi connectivity index (χ2n) is 32.0. The molecule has 0 aromatic heterocycles. The molecule has 11 rings (SSSR count). The largest absolute Gasteiger partial charge is 0.346 e. The fraction of sp³-hybridized carbons (Fsp3) is 0.468. The van der Waals surface area contributed by atoms with Gasteiger partial charge in [-0.05, 0) is 182 Å².